The first-order valence-electron chi connectivity index (χ1n) is 8.67. The normalized spacial score (nSPS) is 11.0. The van der Waals surface area contributed by atoms with Crippen LogP contribution in [0.1, 0.15) is 35.8 Å². The molecule has 0 saturated carbocycles. The molecule has 9 heteroatoms. The van der Waals surface area contributed by atoms with Crippen LogP contribution in [0.4, 0.5) is 16.3 Å². The molecule has 1 aromatic carbocycles. The number of carbonyl (C=O) groups is 1. The molecule has 0 radical (unpaired) electrons. The van der Waals surface area contributed by atoms with E-state index in [0.717, 1.165) is 0 Å². The maximum absolute atomic E-state index is 13.4. The van der Waals surface area contributed by atoms with Crippen molar-refractivity contribution in [1.29, 1.82) is 0 Å². The lowest BCUT2D eigenvalue weighted by Gasteiger charge is -2.21. The Bertz CT molecular complexity index is 1000. The van der Waals surface area contributed by atoms with Crippen LogP contribution in [0.3, 0.4) is 0 Å². The first kappa shape index (κ1) is 19.4. The van der Waals surface area contributed by atoms with Gasteiger partial charge in [0.25, 0.3) is 0 Å². The van der Waals surface area contributed by atoms with Crippen molar-refractivity contribution in [2.45, 2.75) is 19.8 Å². The van der Waals surface area contributed by atoms with Crippen LogP contribution in [0.15, 0.2) is 30.6 Å². The average Bonchev–Trinajstić information content (AvgIpc) is 3.12. The van der Waals surface area contributed by atoms with E-state index >= 15 is 0 Å². The zero-order chi connectivity index (χ0) is 20.4. The number of benzene rings is 1. The number of aromatic nitrogens is 5. The molecule has 8 nitrogen and oxygen atoms in total. The summed E-state index contributed by atoms with van der Waals surface area (Å²) in [5.74, 6) is -0.130. The third-order valence-electron chi connectivity index (χ3n) is 4.27. The zero-order valence-electron chi connectivity index (χ0n) is 16.3. The smallest absolute Gasteiger partial charge is 0.341 e. The van der Waals surface area contributed by atoms with Crippen molar-refractivity contribution in [1.82, 2.24) is 24.7 Å². The van der Waals surface area contributed by atoms with Crippen molar-refractivity contribution in [2.24, 2.45) is 7.05 Å². The van der Waals surface area contributed by atoms with Gasteiger partial charge in [0.15, 0.2) is 0 Å². The molecule has 0 aliphatic heterocycles. The molecule has 0 N–H and O–H groups in total. The third-order valence-corrected chi connectivity index (χ3v) is 4.27. The van der Waals surface area contributed by atoms with Crippen LogP contribution in [0.25, 0.3) is 11.3 Å². The number of nitrogens with zero attached hydrogens (tertiary/aromatic N) is 6. The van der Waals surface area contributed by atoms with Crippen LogP contribution in [0.5, 0.6) is 0 Å². The summed E-state index contributed by atoms with van der Waals surface area (Å²) in [6.07, 6.45) is 1.43. The summed E-state index contributed by atoms with van der Waals surface area (Å²) < 4.78 is 20.0. The van der Waals surface area contributed by atoms with Gasteiger partial charge < -0.3 is 4.74 Å². The number of rotatable bonds is 5. The summed E-state index contributed by atoms with van der Waals surface area (Å²) in [4.78, 5) is 27.6. The minimum Gasteiger partial charge on any atom is -0.465 e. The second-order valence-corrected chi connectivity index (χ2v) is 6.53. The molecule has 0 aliphatic carbocycles. The predicted octanol–water partition coefficient (Wildman–Crippen LogP) is 3.09. The van der Waals surface area contributed by atoms with Crippen LogP contribution in [0.2, 0.25) is 0 Å². The molecule has 2 heterocycles. The van der Waals surface area contributed by atoms with Gasteiger partial charge in [-0.05, 0) is 30.2 Å². The van der Waals surface area contributed by atoms with E-state index in [0.29, 0.717) is 28.8 Å². The molecule has 0 saturated heterocycles. The van der Waals surface area contributed by atoms with Gasteiger partial charge in [-0.1, -0.05) is 13.8 Å². The van der Waals surface area contributed by atoms with E-state index in [-0.39, 0.29) is 17.3 Å². The van der Waals surface area contributed by atoms with Crippen molar-refractivity contribution in [2.75, 3.05) is 19.1 Å². The topological polar surface area (TPSA) is 86.0 Å². The van der Waals surface area contributed by atoms with E-state index in [1.807, 2.05) is 13.8 Å². The number of anilines is 2. The highest BCUT2D eigenvalue weighted by Crippen LogP contribution is 2.31. The zero-order valence-corrected chi connectivity index (χ0v) is 16.3. The number of hydrogen-bond acceptors (Lipinski definition) is 7. The summed E-state index contributed by atoms with van der Waals surface area (Å²) >= 11 is 0. The summed E-state index contributed by atoms with van der Waals surface area (Å²) in [7, 11) is 4.82. The molecule has 0 spiro atoms. The minimum absolute atomic E-state index is 0.0806. The highest BCUT2D eigenvalue weighted by molar-refractivity contribution is 5.97. The first-order valence-corrected chi connectivity index (χ1v) is 8.67. The van der Waals surface area contributed by atoms with Gasteiger partial charge in [0.05, 0.1) is 18.5 Å². The van der Waals surface area contributed by atoms with E-state index in [1.54, 1.807) is 35.8 Å². The lowest BCUT2D eigenvalue weighted by atomic mass is 9.99. The number of carbonyl (C=O) groups excluding carboxylic acids is 1. The lowest BCUT2D eigenvalue weighted by molar-refractivity contribution is 0.0599. The Morgan fingerprint density at radius 3 is 2.46 bits per heavy atom. The largest absolute Gasteiger partial charge is 0.465 e. The second-order valence-electron chi connectivity index (χ2n) is 6.53. The summed E-state index contributed by atoms with van der Waals surface area (Å²) in [6.45, 7) is 3.85. The van der Waals surface area contributed by atoms with Gasteiger partial charge in [0.2, 0.25) is 11.9 Å². The van der Waals surface area contributed by atoms with Crippen molar-refractivity contribution in [3.63, 3.8) is 0 Å². The number of ether oxygens (including phenoxy) is 1. The maximum Gasteiger partial charge on any atom is 0.341 e. The van der Waals surface area contributed by atoms with Gasteiger partial charge in [-0.25, -0.2) is 23.8 Å². The number of esters is 1. The minimum atomic E-state index is -0.545. The SMILES string of the molecule is COC(=O)c1c(-c2ccc(F)cc2)n[14c](N(C)c2ncnn2C)nc1C(C)C. The Hall–Kier alpha value is -3.36. The molecule has 0 amide bonds. The number of halogens is 1. The Morgan fingerprint density at radius 2 is 1.93 bits per heavy atom. The van der Waals surface area contributed by atoms with Crippen molar-refractivity contribution in [3.8, 4) is 11.3 Å². The fourth-order valence-electron chi connectivity index (χ4n) is 2.84. The number of hydrogen-bond donors (Lipinski definition) is 0. The lowest BCUT2D eigenvalue weighted by Crippen LogP contribution is -2.21. The average molecular weight is 386 g/mol. The van der Waals surface area contributed by atoms with E-state index in [1.165, 1.54) is 25.6 Å². The standard InChI is InChI=1S/C19H21FN6O2/c1-11(2)15-14(17(27)28-5)16(12-6-8-13(20)9-7-12)24-18(23-15)25(3)19-21-10-22-26(19)4/h6-11H,1-5H3/i18+2. The quantitative estimate of drug-likeness (QED) is 0.623. The van der Waals surface area contributed by atoms with Crippen LogP contribution in [-0.2, 0) is 11.8 Å². The van der Waals surface area contributed by atoms with Gasteiger partial charge in [-0.15, -0.1) is 0 Å². The third kappa shape index (κ3) is 3.55. The highest BCUT2D eigenvalue weighted by atomic mass is 19.1. The van der Waals surface area contributed by atoms with E-state index in [2.05, 4.69) is 20.1 Å². The molecule has 2 aromatic heterocycles. The molecule has 0 fully saturated rings. The van der Waals surface area contributed by atoms with Crippen molar-refractivity contribution in [3.05, 3.63) is 47.7 Å². The van der Waals surface area contributed by atoms with Crippen LogP contribution in [-0.4, -0.2) is 44.9 Å². The van der Waals surface area contributed by atoms with Gasteiger partial charge in [0, 0.05) is 19.7 Å². The fourth-order valence-corrected chi connectivity index (χ4v) is 2.84. The molecule has 146 valence electrons. The molecular weight excluding hydrogens is 365 g/mol. The molecular formula is C19H21FN6O2. The highest BCUT2D eigenvalue weighted by Gasteiger charge is 2.26. The van der Waals surface area contributed by atoms with Gasteiger partial charge in [-0.2, -0.15) is 10.1 Å². The molecule has 3 aromatic rings. The van der Waals surface area contributed by atoms with E-state index < -0.39 is 5.97 Å². The molecule has 0 aliphatic rings. The molecule has 0 atom stereocenters. The molecule has 0 bridgehead atoms. The monoisotopic (exact) mass is 386 g/mol. The predicted molar refractivity (Wildman–Crippen MR) is 102 cm³/mol. The second kappa shape index (κ2) is 7.71. The van der Waals surface area contributed by atoms with Crippen molar-refractivity contribution < 1.29 is 13.9 Å². The first-order chi connectivity index (χ1) is 13.3. The summed E-state index contributed by atoms with van der Waals surface area (Å²) in [5, 5.41) is 4.06. The Kier molecular flexibility index (Phi) is 5.34. The fraction of sp³-hybridized carbons (Fsp3) is 0.316. The van der Waals surface area contributed by atoms with Crippen LogP contribution >= 0.6 is 0 Å². The number of methoxy groups -OCH3 is 1. The van der Waals surface area contributed by atoms with Gasteiger partial charge in [0.1, 0.15) is 17.7 Å². The van der Waals surface area contributed by atoms with Gasteiger partial charge in [-0.3, -0.25) is 4.90 Å². The van der Waals surface area contributed by atoms with Gasteiger partial charge >= 0.3 is 5.97 Å². The molecule has 3 rings (SSSR count). The van der Waals surface area contributed by atoms with Crippen LogP contribution in [0, 0.1) is 5.82 Å². The summed E-state index contributed by atoms with van der Waals surface area (Å²) in [6, 6.07) is 5.78. The maximum atomic E-state index is 13.4. The van der Waals surface area contributed by atoms with Crippen molar-refractivity contribution >= 4 is 17.9 Å². The van der Waals surface area contributed by atoms with E-state index in [9.17, 15) is 9.18 Å². The Balaban J connectivity index is 2.27. The number of aryl methyl sites for hydroxylation is 1. The molecule has 28 heavy (non-hydrogen) atoms. The Morgan fingerprint density at radius 1 is 1.25 bits per heavy atom. The molecule has 0 unspecified atom stereocenters. The van der Waals surface area contributed by atoms with E-state index in [4.69, 9.17) is 4.74 Å². The Labute approximate surface area is 162 Å². The summed E-state index contributed by atoms with van der Waals surface area (Å²) in [5.41, 5.74) is 1.75. The van der Waals surface area contributed by atoms with Crippen LogP contribution < -0.4 is 4.90 Å².